The highest BCUT2D eigenvalue weighted by molar-refractivity contribution is 5.78. The summed E-state index contributed by atoms with van der Waals surface area (Å²) in [5.74, 6) is 1.38. The Morgan fingerprint density at radius 2 is 2.04 bits per heavy atom. The molecule has 2 aromatic heterocycles. The van der Waals surface area contributed by atoms with E-state index in [1.807, 2.05) is 0 Å². The zero-order valence-electron chi connectivity index (χ0n) is 16.0. The van der Waals surface area contributed by atoms with E-state index >= 15 is 0 Å². The van der Waals surface area contributed by atoms with Crippen LogP contribution in [0.15, 0.2) is 4.79 Å². The highest BCUT2D eigenvalue weighted by Gasteiger charge is 2.27. The second-order valence-electron chi connectivity index (χ2n) is 7.57. The van der Waals surface area contributed by atoms with Crippen LogP contribution in [0.5, 0.6) is 0 Å². The number of nitrogens with one attached hydrogen (secondary N) is 1. The predicted molar refractivity (Wildman–Crippen MR) is 99.4 cm³/mol. The van der Waals surface area contributed by atoms with E-state index in [9.17, 15) is 9.59 Å². The molecule has 4 rings (SSSR count). The number of nitrogens with zero attached hydrogens (tertiary/aromatic N) is 5. The molecule has 8 heteroatoms. The van der Waals surface area contributed by atoms with Crippen molar-refractivity contribution in [2.24, 2.45) is 13.0 Å². The molecule has 2 aliphatic rings. The molecule has 144 valence electrons. The van der Waals surface area contributed by atoms with Gasteiger partial charge in [0, 0.05) is 44.4 Å². The Morgan fingerprint density at radius 1 is 1.22 bits per heavy atom. The van der Waals surface area contributed by atoms with E-state index in [0.717, 1.165) is 36.6 Å². The maximum absolute atomic E-state index is 12.5. The molecule has 1 N–H and O–H groups in total. The van der Waals surface area contributed by atoms with Gasteiger partial charge in [0.05, 0.1) is 5.92 Å². The molecule has 1 amide bonds. The predicted octanol–water partition coefficient (Wildman–Crippen LogP) is 0.480. The minimum Gasteiger partial charge on any atom is -0.355 e. The van der Waals surface area contributed by atoms with E-state index in [-0.39, 0.29) is 17.5 Å². The molecule has 1 aliphatic heterocycles. The third-order valence-corrected chi connectivity index (χ3v) is 5.66. The van der Waals surface area contributed by atoms with Crippen LogP contribution in [-0.4, -0.2) is 36.8 Å². The van der Waals surface area contributed by atoms with Gasteiger partial charge in [0.1, 0.15) is 11.6 Å². The number of amides is 1. The Hall–Kier alpha value is -2.51. The Kier molecular flexibility index (Phi) is 4.80. The van der Waals surface area contributed by atoms with Gasteiger partial charge in [0.15, 0.2) is 0 Å². The molecule has 0 fully saturated rings. The van der Waals surface area contributed by atoms with Crippen LogP contribution in [0, 0.1) is 12.8 Å². The topological polar surface area (TPSA) is 94.7 Å². The van der Waals surface area contributed by atoms with Gasteiger partial charge in [-0.1, -0.05) is 0 Å². The number of hydrogen-bond acceptors (Lipinski definition) is 5. The monoisotopic (exact) mass is 370 g/mol. The van der Waals surface area contributed by atoms with Crippen molar-refractivity contribution in [1.82, 2.24) is 29.6 Å². The van der Waals surface area contributed by atoms with Gasteiger partial charge in [-0.3, -0.25) is 9.36 Å². The average molecular weight is 370 g/mol. The molecular weight excluding hydrogens is 344 g/mol. The summed E-state index contributed by atoms with van der Waals surface area (Å²) in [5.41, 5.74) is 3.43. The zero-order valence-corrected chi connectivity index (χ0v) is 16.0. The number of hydrogen-bond donors (Lipinski definition) is 1. The summed E-state index contributed by atoms with van der Waals surface area (Å²) in [4.78, 5) is 33.9. The van der Waals surface area contributed by atoms with Crippen molar-refractivity contribution >= 4 is 5.91 Å². The second-order valence-corrected chi connectivity index (χ2v) is 7.57. The van der Waals surface area contributed by atoms with E-state index in [0.29, 0.717) is 25.9 Å². The van der Waals surface area contributed by atoms with E-state index in [1.54, 1.807) is 11.6 Å². The summed E-state index contributed by atoms with van der Waals surface area (Å²) in [7, 11) is 1.64. The number of rotatable bonds is 4. The average Bonchev–Trinajstić information content (AvgIpc) is 2.95. The molecule has 0 radical (unpaired) electrons. The largest absolute Gasteiger partial charge is 0.355 e. The summed E-state index contributed by atoms with van der Waals surface area (Å²) in [5, 5.41) is 7.20. The quantitative estimate of drug-likeness (QED) is 0.845. The van der Waals surface area contributed by atoms with Crippen molar-refractivity contribution in [1.29, 1.82) is 0 Å². The van der Waals surface area contributed by atoms with Crippen LogP contribution in [0.2, 0.25) is 0 Å². The van der Waals surface area contributed by atoms with Gasteiger partial charge >= 0.3 is 5.69 Å². The van der Waals surface area contributed by atoms with Crippen molar-refractivity contribution in [3.05, 3.63) is 39.1 Å². The van der Waals surface area contributed by atoms with Crippen molar-refractivity contribution in [3.8, 4) is 0 Å². The Bertz CT molecular complexity index is 929. The van der Waals surface area contributed by atoms with Crippen molar-refractivity contribution in [2.75, 3.05) is 6.54 Å². The lowest BCUT2D eigenvalue weighted by molar-refractivity contribution is -0.125. The van der Waals surface area contributed by atoms with E-state index in [2.05, 4.69) is 22.3 Å². The Labute approximate surface area is 158 Å². The highest BCUT2D eigenvalue weighted by Crippen LogP contribution is 2.21. The molecule has 1 unspecified atom stereocenters. The maximum Gasteiger partial charge on any atom is 0.345 e. The number of aromatic nitrogens is 5. The fourth-order valence-electron chi connectivity index (χ4n) is 4.15. The smallest absolute Gasteiger partial charge is 0.345 e. The molecule has 1 aliphatic carbocycles. The summed E-state index contributed by atoms with van der Waals surface area (Å²) < 4.78 is 2.95. The third kappa shape index (κ3) is 3.52. The first-order chi connectivity index (χ1) is 13.0. The van der Waals surface area contributed by atoms with Gasteiger partial charge in [0.2, 0.25) is 5.91 Å². The van der Waals surface area contributed by atoms with Crippen LogP contribution < -0.4 is 11.0 Å². The van der Waals surface area contributed by atoms with Gasteiger partial charge in [0.25, 0.3) is 0 Å². The maximum atomic E-state index is 12.5. The van der Waals surface area contributed by atoms with Gasteiger partial charge in [-0.15, -0.1) is 0 Å². The molecule has 2 aromatic rings. The van der Waals surface area contributed by atoms with Crippen LogP contribution in [0.25, 0.3) is 0 Å². The number of fused-ring (bicyclic) bond motifs is 2. The zero-order chi connectivity index (χ0) is 19.0. The Balaban J connectivity index is 1.34. The molecule has 0 saturated heterocycles. The van der Waals surface area contributed by atoms with Gasteiger partial charge in [-0.2, -0.15) is 5.10 Å². The molecule has 0 saturated carbocycles. The van der Waals surface area contributed by atoms with Crippen molar-refractivity contribution < 1.29 is 4.79 Å². The van der Waals surface area contributed by atoms with Crippen LogP contribution >= 0.6 is 0 Å². The lowest BCUT2D eigenvalue weighted by atomic mass is 9.95. The molecule has 0 aromatic carbocycles. The van der Waals surface area contributed by atoms with E-state index < -0.39 is 0 Å². The third-order valence-electron chi connectivity index (χ3n) is 5.66. The first kappa shape index (κ1) is 17.9. The van der Waals surface area contributed by atoms with Crippen molar-refractivity contribution in [2.45, 2.75) is 58.4 Å². The minimum absolute atomic E-state index is 0.00825. The molecule has 0 spiro atoms. The highest BCUT2D eigenvalue weighted by atomic mass is 16.2. The molecule has 27 heavy (non-hydrogen) atoms. The van der Waals surface area contributed by atoms with Crippen molar-refractivity contribution in [3.63, 3.8) is 0 Å². The van der Waals surface area contributed by atoms with Crippen LogP contribution in [0.4, 0.5) is 0 Å². The van der Waals surface area contributed by atoms with Gasteiger partial charge in [-0.05, 0) is 44.6 Å². The normalized spacial score (nSPS) is 18.7. The summed E-state index contributed by atoms with van der Waals surface area (Å²) in [6, 6.07) is 0. The standard InChI is InChI=1S/C19H26N6O2/c1-12-14-5-3-4-6-15(14)22-16(21-12)9-10-20-18(26)13-7-8-17-23-24(2)19(27)25(17)11-13/h13H,3-11H2,1-2H3,(H,20,26). The summed E-state index contributed by atoms with van der Waals surface area (Å²) in [6.07, 6.45) is 6.52. The van der Waals surface area contributed by atoms with Crippen LogP contribution in [-0.2, 0) is 44.1 Å². The summed E-state index contributed by atoms with van der Waals surface area (Å²) >= 11 is 0. The number of aryl methyl sites for hydroxylation is 4. The number of carbonyl (C=O) groups is 1. The van der Waals surface area contributed by atoms with Gasteiger partial charge in [-0.25, -0.2) is 19.4 Å². The fraction of sp³-hybridized carbons (Fsp3) is 0.632. The molecule has 8 nitrogen and oxygen atoms in total. The lowest BCUT2D eigenvalue weighted by Crippen LogP contribution is -2.39. The van der Waals surface area contributed by atoms with Crippen LogP contribution in [0.3, 0.4) is 0 Å². The first-order valence-electron chi connectivity index (χ1n) is 9.78. The molecule has 3 heterocycles. The lowest BCUT2D eigenvalue weighted by Gasteiger charge is -2.21. The molecule has 1 atom stereocenters. The minimum atomic E-state index is -0.189. The SMILES string of the molecule is Cc1nc(CCNC(=O)C2CCc3nn(C)c(=O)n3C2)nc2c1CCCC2. The number of carbonyl (C=O) groups excluding carboxylic acids is 1. The molecular formula is C19H26N6O2. The van der Waals surface area contributed by atoms with E-state index in [1.165, 1.54) is 28.8 Å². The molecule has 0 bridgehead atoms. The summed E-state index contributed by atoms with van der Waals surface area (Å²) in [6.45, 7) is 2.98. The van der Waals surface area contributed by atoms with Crippen LogP contribution in [0.1, 0.15) is 47.9 Å². The fourth-order valence-corrected chi connectivity index (χ4v) is 4.15. The van der Waals surface area contributed by atoms with E-state index in [4.69, 9.17) is 4.98 Å². The Morgan fingerprint density at radius 3 is 2.89 bits per heavy atom. The first-order valence-corrected chi connectivity index (χ1v) is 9.78. The van der Waals surface area contributed by atoms with Gasteiger partial charge < -0.3 is 5.32 Å². The second kappa shape index (κ2) is 7.25.